The van der Waals surface area contributed by atoms with E-state index in [0.29, 0.717) is 17.4 Å². The molecule has 3 rings (SSSR count). The van der Waals surface area contributed by atoms with E-state index in [-0.39, 0.29) is 31.9 Å². The van der Waals surface area contributed by atoms with Crippen LogP contribution < -0.4 is 40.2 Å². The molecule has 2 aromatic carbocycles. The number of fused-ring (bicyclic) bond motifs is 1. The molecule has 0 aliphatic rings. The molecule has 22 heteroatoms. The molecular formula is C22H21F6N4O9PS2. The predicted octanol–water partition coefficient (Wildman–Crippen LogP) is -0.402. The van der Waals surface area contributed by atoms with Gasteiger partial charge in [0.05, 0.1) is 16.5 Å². The van der Waals surface area contributed by atoms with Crippen LogP contribution >= 0.6 is 18.9 Å². The molecule has 1 unspecified atom stereocenters. The molecule has 0 aliphatic carbocycles. The molecule has 0 amide bonds. The first-order chi connectivity index (χ1) is 20.4. The minimum absolute atomic E-state index is 0.0669. The number of benzene rings is 2. The number of alkyl halides is 3. The Labute approximate surface area is 248 Å². The maximum atomic E-state index is 15.2. The second kappa shape index (κ2) is 14.9. The summed E-state index contributed by atoms with van der Waals surface area (Å²) in [5.74, 6) is -7.75. The van der Waals surface area contributed by atoms with Gasteiger partial charge >= 0.3 is 6.18 Å². The van der Waals surface area contributed by atoms with Crippen molar-refractivity contribution in [3.63, 3.8) is 0 Å². The molecule has 0 aliphatic heterocycles. The molecule has 0 fully saturated rings. The van der Waals surface area contributed by atoms with Crippen molar-refractivity contribution in [2.24, 2.45) is 0 Å². The van der Waals surface area contributed by atoms with E-state index in [1.807, 2.05) is 0 Å². The summed E-state index contributed by atoms with van der Waals surface area (Å²) in [6.45, 7) is 0.325. The Morgan fingerprint density at radius 3 is 2.09 bits per heavy atom. The Hall–Kier alpha value is -3.64. The van der Waals surface area contributed by atoms with Gasteiger partial charge in [0, 0.05) is 11.5 Å². The van der Waals surface area contributed by atoms with Crippen LogP contribution in [0.15, 0.2) is 28.5 Å². The van der Waals surface area contributed by atoms with Crippen molar-refractivity contribution in [3.8, 4) is 23.3 Å². The third kappa shape index (κ3) is 9.43. The SMILES string of the molecule is N#Cc1ccc(OP(=O)([O-])CNS(=O)(=O)c2cc3c(F)c(OCC[NH3+])c(OCC[NH3+])c(F)c3s2)cc1F.O=C([O-])C(F)(F)F. The Kier molecular flexibility index (Phi) is 12.4. The fraction of sp³-hybridized carbons (Fsp3) is 0.273. The molecule has 0 bridgehead atoms. The van der Waals surface area contributed by atoms with Crippen molar-refractivity contribution in [1.29, 1.82) is 5.26 Å². The lowest BCUT2D eigenvalue weighted by atomic mass is 10.2. The highest BCUT2D eigenvalue weighted by Crippen LogP contribution is 2.44. The zero-order chi connectivity index (χ0) is 33.5. The number of nitriles is 1. The molecule has 3 aromatic rings. The predicted molar refractivity (Wildman–Crippen MR) is 134 cm³/mol. The number of hydrogen-bond acceptors (Lipinski definition) is 11. The number of nitrogens with one attached hydrogen (secondary N) is 1. The zero-order valence-corrected chi connectivity index (χ0v) is 24.4. The Morgan fingerprint density at radius 1 is 1.07 bits per heavy atom. The minimum atomic E-state index is -5.19. The number of halogens is 6. The smallest absolute Gasteiger partial charge is 0.430 e. The molecule has 1 heterocycles. The van der Waals surface area contributed by atoms with Crippen molar-refractivity contribution < 1.29 is 79.6 Å². The van der Waals surface area contributed by atoms with E-state index in [1.165, 1.54) is 0 Å². The fourth-order valence-electron chi connectivity index (χ4n) is 2.93. The third-order valence-corrected chi connectivity index (χ3v) is 9.03. The highest BCUT2D eigenvalue weighted by Gasteiger charge is 2.30. The van der Waals surface area contributed by atoms with Gasteiger partial charge in [-0.2, -0.15) is 18.4 Å². The molecule has 7 N–H and O–H groups in total. The fourth-order valence-corrected chi connectivity index (χ4v) is 6.84. The number of carboxylic acid groups (broad SMARTS) is 1. The van der Waals surface area contributed by atoms with Gasteiger partial charge in [0.1, 0.15) is 54.1 Å². The summed E-state index contributed by atoms with van der Waals surface area (Å²) in [5, 5.41) is 17.1. The van der Waals surface area contributed by atoms with Crippen LogP contribution in [0.25, 0.3) is 10.1 Å². The van der Waals surface area contributed by atoms with Gasteiger partial charge in [-0.3, -0.25) is 4.57 Å². The van der Waals surface area contributed by atoms with Crippen molar-refractivity contribution in [1.82, 2.24) is 4.72 Å². The standard InChI is InChI=1S/C20H20F3N4O7PS2.C2HF3O2/c21-14-7-12(2-1-11(14)9-26)34-35(28,29)10-27-37(30,31)15-8-13-16(22)18(32-5-3-24)19(33-6-4-25)17(23)20(13)36-15;3-2(4,5)1(6)7/h1-2,7-8,27H,3-6,10,24-25H2,(H,28,29);(H,6,7). The lowest BCUT2D eigenvalue weighted by Crippen LogP contribution is -2.53. The summed E-state index contributed by atoms with van der Waals surface area (Å²) in [7, 11) is -9.55. The van der Waals surface area contributed by atoms with Crippen molar-refractivity contribution in [2.45, 2.75) is 10.4 Å². The first-order valence-electron chi connectivity index (χ1n) is 11.6. The van der Waals surface area contributed by atoms with Gasteiger partial charge in [-0.25, -0.2) is 26.3 Å². The number of thiophene rings is 1. The number of carboxylic acids is 1. The van der Waals surface area contributed by atoms with Gasteiger partial charge in [0.2, 0.25) is 11.5 Å². The van der Waals surface area contributed by atoms with Crippen LogP contribution in [-0.2, 0) is 19.4 Å². The number of carbonyl (C=O) groups is 1. The molecule has 242 valence electrons. The van der Waals surface area contributed by atoms with Crippen LogP contribution in [-0.4, -0.2) is 53.2 Å². The summed E-state index contributed by atoms with van der Waals surface area (Å²) < 4.78 is 129. The van der Waals surface area contributed by atoms with Crippen molar-refractivity contribution >= 4 is 45.0 Å². The molecule has 0 radical (unpaired) electrons. The Balaban J connectivity index is 0.000000860. The summed E-state index contributed by atoms with van der Waals surface area (Å²) in [6, 6.07) is 5.03. The van der Waals surface area contributed by atoms with E-state index < -0.39 is 85.0 Å². The molecule has 0 saturated heterocycles. The van der Waals surface area contributed by atoms with Crippen LogP contribution in [0.4, 0.5) is 26.3 Å². The quantitative estimate of drug-likeness (QED) is 0.164. The van der Waals surface area contributed by atoms with Crippen LogP contribution in [0.3, 0.4) is 0 Å². The van der Waals surface area contributed by atoms with E-state index >= 15 is 8.78 Å². The van der Waals surface area contributed by atoms with E-state index in [2.05, 4.69) is 16.0 Å². The first-order valence-corrected chi connectivity index (χ1v) is 15.7. The van der Waals surface area contributed by atoms with Gasteiger partial charge in [-0.05, 0) is 18.2 Å². The minimum Gasteiger partial charge on any atom is -0.768 e. The van der Waals surface area contributed by atoms with E-state index in [1.54, 1.807) is 10.8 Å². The normalized spacial score (nSPS) is 12.9. The van der Waals surface area contributed by atoms with Gasteiger partial charge in [0.15, 0.2) is 19.2 Å². The summed E-state index contributed by atoms with van der Waals surface area (Å²) in [4.78, 5) is 21.0. The van der Waals surface area contributed by atoms with Gasteiger partial charge < -0.3 is 40.3 Å². The average Bonchev–Trinajstić information content (AvgIpc) is 3.40. The lowest BCUT2D eigenvalue weighted by molar-refractivity contribution is -0.372. The molecule has 13 nitrogen and oxygen atoms in total. The molecule has 1 atom stereocenters. The number of hydrogen-bond donors (Lipinski definition) is 3. The average molecular weight is 695 g/mol. The van der Waals surface area contributed by atoms with E-state index in [9.17, 15) is 35.4 Å². The number of carbonyl (C=O) groups excluding carboxylic acids is 1. The largest absolute Gasteiger partial charge is 0.768 e. The maximum absolute atomic E-state index is 15.2. The van der Waals surface area contributed by atoms with Gasteiger partial charge in [-0.1, -0.05) is 0 Å². The number of ether oxygens (including phenoxy) is 2. The molecule has 0 spiro atoms. The molecule has 0 saturated carbocycles. The summed E-state index contributed by atoms with van der Waals surface area (Å²) in [5.41, 5.74) is 6.76. The second-order valence-corrected chi connectivity index (χ2v) is 12.8. The Bertz CT molecular complexity index is 1660. The van der Waals surface area contributed by atoms with Crippen LogP contribution in [0, 0.1) is 28.8 Å². The maximum Gasteiger partial charge on any atom is 0.430 e. The molecular weight excluding hydrogens is 673 g/mol. The van der Waals surface area contributed by atoms with Crippen molar-refractivity contribution in [2.75, 3.05) is 32.6 Å². The molecule has 44 heavy (non-hydrogen) atoms. The van der Waals surface area contributed by atoms with E-state index in [4.69, 9.17) is 24.6 Å². The highest BCUT2D eigenvalue weighted by molar-refractivity contribution is 7.92. The topological polar surface area (TPSA) is 233 Å². The van der Waals surface area contributed by atoms with E-state index in [0.717, 1.165) is 18.2 Å². The number of sulfonamides is 1. The number of rotatable bonds is 12. The van der Waals surface area contributed by atoms with Crippen LogP contribution in [0.1, 0.15) is 5.56 Å². The third-order valence-electron chi connectivity index (χ3n) is 4.78. The van der Waals surface area contributed by atoms with Gasteiger partial charge in [-0.15, -0.1) is 11.3 Å². The first kappa shape index (κ1) is 36.6. The van der Waals surface area contributed by atoms with Crippen LogP contribution in [0.5, 0.6) is 17.2 Å². The monoisotopic (exact) mass is 694 g/mol. The lowest BCUT2D eigenvalue weighted by Gasteiger charge is -2.24. The number of aliphatic carboxylic acids is 1. The Morgan fingerprint density at radius 2 is 1.61 bits per heavy atom. The van der Waals surface area contributed by atoms with Crippen LogP contribution in [0.2, 0.25) is 0 Å². The second-order valence-electron chi connectivity index (χ2n) is 8.05. The number of nitrogens with zero attached hydrogens (tertiary/aromatic N) is 1. The van der Waals surface area contributed by atoms with Gasteiger partial charge in [0.25, 0.3) is 10.0 Å². The summed E-state index contributed by atoms with van der Waals surface area (Å²) in [6.07, 6.45) is -6.45. The number of quaternary nitrogens is 2. The highest BCUT2D eigenvalue weighted by atomic mass is 32.2. The zero-order valence-electron chi connectivity index (χ0n) is 21.9. The van der Waals surface area contributed by atoms with Crippen molar-refractivity contribution in [3.05, 3.63) is 47.3 Å². The molecule has 1 aromatic heterocycles. The summed E-state index contributed by atoms with van der Waals surface area (Å²) >= 11 is 0.344.